The van der Waals surface area contributed by atoms with Crippen molar-refractivity contribution in [1.29, 1.82) is 0 Å². The van der Waals surface area contributed by atoms with Crippen LogP contribution in [0.15, 0.2) is 18.6 Å². The second kappa shape index (κ2) is 3.59. The summed E-state index contributed by atoms with van der Waals surface area (Å²) in [5.74, 6) is 0.853. The van der Waals surface area contributed by atoms with Crippen molar-refractivity contribution >= 4 is 0 Å². The average molecular weight is 192 g/mol. The van der Waals surface area contributed by atoms with E-state index in [1.165, 1.54) is 0 Å². The van der Waals surface area contributed by atoms with Crippen molar-refractivity contribution in [2.24, 2.45) is 5.73 Å². The van der Waals surface area contributed by atoms with Gasteiger partial charge >= 0.3 is 0 Å². The number of imidazole rings is 1. The van der Waals surface area contributed by atoms with Gasteiger partial charge in [-0.2, -0.15) is 0 Å². The Balaban J connectivity index is 2.11. The molecule has 0 fully saturated rings. The second-order valence-electron chi connectivity index (χ2n) is 3.17. The van der Waals surface area contributed by atoms with Crippen molar-refractivity contribution < 1.29 is 0 Å². The van der Waals surface area contributed by atoms with Gasteiger partial charge in [0.2, 0.25) is 0 Å². The summed E-state index contributed by atoms with van der Waals surface area (Å²) in [6.45, 7) is 2.47. The molecule has 6 heteroatoms. The molecule has 1 atom stereocenters. The minimum absolute atomic E-state index is 0.0830. The van der Waals surface area contributed by atoms with E-state index in [1.807, 2.05) is 13.1 Å². The van der Waals surface area contributed by atoms with Crippen molar-refractivity contribution in [2.75, 3.05) is 0 Å². The zero-order valence-corrected chi connectivity index (χ0v) is 7.88. The molecule has 14 heavy (non-hydrogen) atoms. The number of hydrogen-bond acceptors (Lipinski definition) is 4. The Morgan fingerprint density at radius 3 is 3.07 bits per heavy atom. The number of aromatic nitrogens is 5. The molecule has 2 heterocycles. The SMILES string of the molecule is C[C@H](N)c1cn(Cc2ncc[nH]2)nn1. The Morgan fingerprint density at radius 1 is 1.64 bits per heavy atom. The van der Waals surface area contributed by atoms with Gasteiger partial charge in [0.1, 0.15) is 12.4 Å². The van der Waals surface area contributed by atoms with Crippen LogP contribution >= 0.6 is 0 Å². The predicted molar refractivity (Wildman–Crippen MR) is 50.3 cm³/mol. The molecule has 0 aliphatic rings. The maximum Gasteiger partial charge on any atom is 0.127 e. The summed E-state index contributed by atoms with van der Waals surface area (Å²) in [5, 5.41) is 7.88. The van der Waals surface area contributed by atoms with Gasteiger partial charge in [0.25, 0.3) is 0 Å². The van der Waals surface area contributed by atoms with Crippen LogP contribution in [0.1, 0.15) is 24.5 Å². The lowest BCUT2D eigenvalue weighted by molar-refractivity contribution is 0.629. The monoisotopic (exact) mass is 192 g/mol. The van der Waals surface area contributed by atoms with E-state index in [-0.39, 0.29) is 6.04 Å². The number of rotatable bonds is 3. The molecule has 3 N–H and O–H groups in total. The summed E-state index contributed by atoms with van der Waals surface area (Å²) in [5.41, 5.74) is 6.45. The largest absolute Gasteiger partial charge is 0.347 e. The Kier molecular flexibility index (Phi) is 2.28. The molecule has 0 spiro atoms. The van der Waals surface area contributed by atoms with E-state index in [2.05, 4.69) is 20.3 Å². The van der Waals surface area contributed by atoms with Crippen LogP contribution in [-0.2, 0) is 6.54 Å². The summed E-state index contributed by atoms with van der Waals surface area (Å²) >= 11 is 0. The van der Waals surface area contributed by atoms with E-state index in [9.17, 15) is 0 Å². The maximum absolute atomic E-state index is 5.66. The van der Waals surface area contributed by atoms with Crippen LogP contribution in [0.5, 0.6) is 0 Å². The van der Waals surface area contributed by atoms with Crippen molar-refractivity contribution in [3.8, 4) is 0 Å². The van der Waals surface area contributed by atoms with Gasteiger partial charge in [-0.05, 0) is 6.92 Å². The van der Waals surface area contributed by atoms with Crippen molar-refractivity contribution in [2.45, 2.75) is 19.5 Å². The number of H-pyrrole nitrogens is 1. The highest BCUT2D eigenvalue weighted by Gasteiger charge is 2.05. The maximum atomic E-state index is 5.66. The molecule has 2 rings (SSSR count). The number of hydrogen-bond donors (Lipinski definition) is 2. The van der Waals surface area contributed by atoms with Gasteiger partial charge in [-0.25, -0.2) is 9.67 Å². The minimum atomic E-state index is -0.0830. The molecule has 6 nitrogen and oxygen atoms in total. The molecular weight excluding hydrogens is 180 g/mol. The van der Waals surface area contributed by atoms with Crippen LogP contribution in [-0.4, -0.2) is 25.0 Å². The van der Waals surface area contributed by atoms with Gasteiger partial charge in [-0.3, -0.25) is 0 Å². The molecule has 0 saturated carbocycles. The van der Waals surface area contributed by atoms with E-state index in [4.69, 9.17) is 5.73 Å². The van der Waals surface area contributed by atoms with Gasteiger partial charge in [-0.1, -0.05) is 5.21 Å². The molecule has 0 radical (unpaired) electrons. The fraction of sp³-hybridized carbons (Fsp3) is 0.375. The van der Waals surface area contributed by atoms with Gasteiger partial charge in [0.15, 0.2) is 0 Å². The molecule has 0 bridgehead atoms. The summed E-state index contributed by atoms with van der Waals surface area (Å²) in [4.78, 5) is 7.08. The fourth-order valence-electron chi connectivity index (χ4n) is 1.14. The molecular formula is C8H12N6. The van der Waals surface area contributed by atoms with E-state index in [0.717, 1.165) is 11.5 Å². The number of aromatic amines is 1. The van der Waals surface area contributed by atoms with Crippen LogP contribution in [0, 0.1) is 0 Å². The first-order valence-electron chi connectivity index (χ1n) is 4.39. The Morgan fingerprint density at radius 2 is 2.50 bits per heavy atom. The molecule has 0 saturated heterocycles. The lowest BCUT2D eigenvalue weighted by atomic mass is 10.3. The van der Waals surface area contributed by atoms with Gasteiger partial charge < -0.3 is 10.7 Å². The summed E-state index contributed by atoms with van der Waals surface area (Å²) in [6.07, 6.45) is 5.31. The third kappa shape index (κ3) is 1.80. The average Bonchev–Trinajstić information content (AvgIpc) is 2.75. The molecule has 0 aromatic carbocycles. The van der Waals surface area contributed by atoms with E-state index in [1.54, 1.807) is 17.1 Å². The number of nitrogens with zero attached hydrogens (tertiary/aromatic N) is 4. The lowest BCUT2D eigenvalue weighted by Gasteiger charge is -1.96. The smallest absolute Gasteiger partial charge is 0.127 e. The van der Waals surface area contributed by atoms with Gasteiger partial charge in [-0.15, -0.1) is 5.10 Å². The van der Waals surface area contributed by atoms with E-state index in [0.29, 0.717) is 6.54 Å². The summed E-state index contributed by atoms with van der Waals surface area (Å²) in [7, 11) is 0. The van der Waals surface area contributed by atoms with E-state index >= 15 is 0 Å². The van der Waals surface area contributed by atoms with Crippen LogP contribution in [0.25, 0.3) is 0 Å². The molecule has 2 aromatic rings. The third-order valence-corrected chi connectivity index (χ3v) is 1.89. The van der Waals surface area contributed by atoms with E-state index < -0.39 is 0 Å². The van der Waals surface area contributed by atoms with Gasteiger partial charge in [0.05, 0.1) is 11.9 Å². The minimum Gasteiger partial charge on any atom is -0.347 e. The van der Waals surface area contributed by atoms with Crippen LogP contribution < -0.4 is 5.73 Å². The van der Waals surface area contributed by atoms with Crippen molar-refractivity contribution in [3.63, 3.8) is 0 Å². The molecule has 0 aliphatic carbocycles. The zero-order chi connectivity index (χ0) is 9.97. The van der Waals surface area contributed by atoms with Crippen LogP contribution in [0.2, 0.25) is 0 Å². The van der Waals surface area contributed by atoms with Crippen LogP contribution in [0.4, 0.5) is 0 Å². The topological polar surface area (TPSA) is 85.4 Å². The second-order valence-corrected chi connectivity index (χ2v) is 3.17. The van der Waals surface area contributed by atoms with Gasteiger partial charge in [0, 0.05) is 18.4 Å². The molecule has 2 aromatic heterocycles. The first-order valence-corrected chi connectivity index (χ1v) is 4.39. The van der Waals surface area contributed by atoms with Crippen molar-refractivity contribution in [1.82, 2.24) is 25.0 Å². The molecule has 0 aliphatic heterocycles. The highest BCUT2D eigenvalue weighted by atomic mass is 15.4. The number of nitrogens with two attached hydrogens (primary N) is 1. The highest BCUT2D eigenvalue weighted by Crippen LogP contribution is 2.04. The fourth-order valence-corrected chi connectivity index (χ4v) is 1.14. The molecule has 0 amide bonds. The normalized spacial score (nSPS) is 13.0. The lowest BCUT2D eigenvalue weighted by Crippen LogP contribution is -2.05. The third-order valence-electron chi connectivity index (χ3n) is 1.89. The summed E-state index contributed by atoms with van der Waals surface area (Å²) in [6, 6.07) is -0.0830. The Bertz CT molecular complexity index is 388. The first-order chi connectivity index (χ1) is 6.75. The molecule has 74 valence electrons. The zero-order valence-electron chi connectivity index (χ0n) is 7.88. The van der Waals surface area contributed by atoms with Crippen LogP contribution in [0.3, 0.4) is 0 Å². The standard InChI is InChI=1S/C8H12N6/c1-6(9)7-4-14(13-12-7)5-8-10-2-3-11-8/h2-4,6H,5,9H2,1H3,(H,10,11)/t6-/m0/s1. The number of nitrogens with one attached hydrogen (secondary N) is 1. The first kappa shape index (κ1) is 8.89. The Hall–Kier alpha value is -1.69. The highest BCUT2D eigenvalue weighted by molar-refractivity contribution is 4.99. The quantitative estimate of drug-likeness (QED) is 0.720. The summed E-state index contributed by atoms with van der Waals surface area (Å²) < 4.78 is 1.71. The predicted octanol–water partition coefficient (Wildman–Crippen LogP) is 0.0692. The van der Waals surface area contributed by atoms with Crippen molar-refractivity contribution in [3.05, 3.63) is 30.1 Å². The Labute approximate surface area is 81.1 Å². The molecule has 0 unspecified atom stereocenters.